The van der Waals surface area contributed by atoms with Gasteiger partial charge in [0, 0.05) is 23.1 Å². The maximum absolute atomic E-state index is 5.54. The third-order valence-electron chi connectivity index (χ3n) is 3.36. The average molecular weight is 283 g/mol. The Hall–Kier alpha value is -0.810. The second-order valence-corrected chi connectivity index (χ2v) is 5.96. The summed E-state index contributed by atoms with van der Waals surface area (Å²) < 4.78 is 0.281. The Balaban J connectivity index is 2.65. The summed E-state index contributed by atoms with van der Waals surface area (Å²) in [6, 6.07) is 3.82. The number of rotatable bonds is 7. The molecule has 0 saturated carbocycles. The number of nitrogens with two attached hydrogens (primary N) is 1. The monoisotopic (exact) mass is 283 g/mol. The molecule has 1 heterocycles. The average Bonchev–Trinajstić information content (AvgIpc) is 2.41. The molecular weight excluding hydrogens is 262 g/mol. The van der Waals surface area contributed by atoms with Crippen molar-refractivity contribution < 1.29 is 0 Å². The van der Waals surface area contributed by atoms with Crippen molar-refractivity contribution in [2.45, 2.75) is 31.4 Å². The highest BCUT2D eigenvalue weighted by molar-refractivity contribution is 8.00. The quantitative estimate of drug-likeness (QED) is 0.753. The summed E-state index contributed by atoms with van der Waals surface area (Å²) in [7, 11) is 0. The molecule has 0 fully saturated rings. The lowest BCUT2D eigenvalue weighted by atomic mass is 10.0. The summed E-state index contributed by atoms with van der Waals surface area (Å²) in [6.07, 6.45) is 6.16. The molecule has 1 rings (SSSR count). The van der Waals surface area contributed by atoms with Crippen molar-refractivity contribution in [1.82, 2.24) is 4.98 Å². The van der Waals surface area contributed by atoms with Gasteiger partial charge in [-0.2, -0.15) is 11.8 Å². The van der Waals surface area contributed by atoms with E-state index in [1.54, 1.807) is 6.20 Å². The Kier molecular flexibility index (Phi) is 5.88. The van der Waals surface area contributed by atoms with Crippen LogP contribution in [0.5, 0.6) is 0 Å². The summed E-state index contributed by atoms with van der Waals surface area (Å²) in [5.41, 5.74) is 6.34. The standard InChI is InChI=1S/C13H21N3S2/c1-4-13(5-2,18-3)9-16-11-7-6-10(8-15-11)12(14)17/h6-8H,4-5,9H2,1-3H3,(H2,14,17)(H,15,16). The van der Waals surface area contributed by atoms with Crippen LogP contribution in [0.2, 0.25) is 0 Å². The zero-order valence-electron chi connectivity index (χ0n) is 11.2. The van der Waals surface area contributed by atoms with Crippen LogP contribution in [0.15, 0.2) is 18.3 Å². The SMILES string of the molecule is CCC(CC)(CNc1ccc(C(N)=S)cn1)SC. The van der Waals surface area contributed by atoms with Gasteiger partial charge in [0.15, 0.2) is 0 Å². The Morgan fingerprint density at radius 2 is 2.11 bits per heavy atom. The molecular formula is C13H21N3S2. The van der Waals surface area contributed by atoms with E-state index in [0.717, 1.165) is 30.8 Å². The number of thiocarbonyl (C=S) groups is 1. The summed E-state index contributed by atoms with van der Waals surface area (Å²) in [5.74, 6) is 0.871. The Morgan fingerprint density at radius 3 is 2.50 bits per heavy atom. The predicted octanol–water partition coefficient (Wildman–Crippen LogP) is 3.05. The van der Waals surface area contributed by atoms with Crippen molar-refractivity contribution in [2.75, 3.05) is 18.1 Å². The van der Waals surface area contributed by atoms with Crippen molar-refractivity contribution in [1.29, 1.82) is 0 Å². The minimum Gasteiger partial charge on any atom is -0.389 e. The van der Waals surface area contributed by atoms with Crippen molar-refractivity contribution >= 4 is 34.8 Å². The molecule has 0 aliphatic heterocycles. The number of hydrogen-bond acceptors (Lipinski definition) is 4. The number of pyridine rings is 1. The highest BCUT2D eigenvalue weighted by Gasteiger charge is 2.24. The fourth-order valence-corrected chi connectivity index (χ4v) is 2.67. The molecule has 0 saturated heterocycles. The van der Waals surface area contributed by atoms with Gasteiger partial charge < -0.3 is 11.1 Å². The third kappa shape index (κ3) is 3.85. The lowest BCUT2D eigenvalue weighted by Gasteiger charge is -2.30. The summed E-state index contributed by atoms with van der Waals surface area (Å²) in [4.78, 5) is 4.70. The van der Waals surface area contributed by atoms with E-state index in [4.69, 9.17) is 18.0 Å². The molecule has 100 valence electrons. The lowest BCUT2D eigenvalue weighted by Crippen LogP contribution is -2.32. The second kappa shape index (κ2) is 6.95. The van der Waals surface area contributed by atoms with Crippen LogP contribution in [0.1, 0.15) is 32.3 Å². The first-order chi connectivity index (χ1) is 8.56. The molecule has 0 bridgehead atoms. The van der Waals surface area contributed by atoms with Gasteiger partial charge in [-0.25, -0.2) is 4.98 Å². The smallest absolute Gasteiger partial charge is 0.125 e. The van der Waals surface area contributed by atoms with Gasteiger partial charge in [-0.05, 0) is 31.2 Å². The summed E-state index contributed by atoms with van der Waals surface area (Å²) >= 11 is 6.81. The van der Waals surface area contributed by atoms with Crippen molar-refractivity contribution in [2.24, 2.45) is 5.73 Å². The van der Waals surface area contributed by atoms with E-state index in [-0.39, 0.29) is 4.75 Å². The minimum absolute atomic E-state index is 0.281. The van der Waals surface area contributed by atoms with Gasteiger partial charge >= 0.3 is 0 Å². The van der Waals surface area contributed by atoms with E-state index >= 15 is 0 Å². The molecule has 1 aromatic rings. The summed E-state index contributed by atoms with van der Waals surface area (Å²) in [5, 5.41) is 3.39. The zero-order valence-corrected chi connectivity index (χ0v) is 12.8. The molecule has 3 nitrogen and oxygen atoms in total. The predicted molar refractivity (Wildman–Crippen MR) is 85.4 cm³/mol. The van der Waals surface area contributed by atoms with Crippen LogP contribution in [-0.4, -0.2) is 27.5 Å². The van der Waals surface area contributed by atoms with Crippen LogP contribution in [0.3, 0.4) is 0 Å². The number of nitrogens with zero attached hydrogens (tertiary/aromatic N) is 1. The van der Waals surface area contributed by atoms with Crippen molar-refractivity contribution in [3.63, 3.8) is 0 Å². The maximum Gasteiger partial charge on any atom is 0.125 e. The molecule has 5 heteroatoms. The van der Waals surface area contributed by atoms with E-state index in [1.807, 2.05) is 23.9 Å². The third-order valence-corrected chi connectivity index (χ3v) is 5.18. The molecule has 0 spiro atoms. The molecule has 0 amide bonds. The number of nitrogens with one attached hydrogen (secondary N) is 1. The molecule has 18 heavy (non-hydrogen) atoms. The normalized spacial score (nSPS) is 11.3. The summed E-state index contributed by atoms with van der Waals surface area (Å²) in [6.45, 7) is 5.37. The molecule has 3 N–H and O–H groups in total. The zero-order chi connectivity index (χ0) is 13.6. The molecule has 0 aliphatic rings. The van der Waals surface area contributed by atoms with Gasteiger partial charge in [0.25, 0.3) is 0 Å². The van der Waals surface area contributed by atoms with Crippen LogP contribution in [0.4, 0.5) is 5.82 Å². The van der Waals surface area contributed by atoms with Gasteiger partial charge in [0.1, 0.15) is 10.8 Å². The molecule has 0 atom stereocenters. The first-order valence-electron chi connectivity index (χ1n) is 6.11. The van der Waals surface area contributed by atoms with Gasteiger partial charge in [-0.3, -0.25) is 0 Å². The first-order valence-corrected chi connectivity index (χ1v) is 7.75. The van der Waals surface area contributed by atoms with Crippen LogP contribution >= 0.6 is 24.0 Å². The second-order valence-electron chi connectivity index (χ2n) is 4.24. The molecule has 1 aromatic heterocycles. The van der Waals surface area contributed by atoms with Gasteiger partial charge in [-0.1, -0.05) is 26.1 Å². The van der Waals surface area contributed by atoms with E-state index in [2.05, 4.69) is 30.4 Å². The molecule has 0 unspecified atom stereocenters. The van der Waals surface area contributed by atoms with Crippen molar-refractivity contribution in [3.05, 3.63) is 23.9 Å². The maximum atomic E-state index is 5.54. The number of hydrogen-bond donors (Lipinski definition) is 2. The first kappa shape index (κ1) is 15.2. The number of anilines is 1. The molecule has 0 aromatic carbocycles. The van der Waals surface area contributed by atoms with Gasteiger partial charge in [-0.15, -0.1) is 0 Å². The Morgan fingerprint density at radius 1 is 1.44 bits per heavy atom. The Bertz CT molecular complexity index is 377. The number of thioether (sulfide) groups is 1. The Labute approximate surface area is 119 Å². The fourth-order valence-electron chi connectivity index (χ4n) is 1.76. The van der Waals surface area contributed by atoms with Crippen LogP contribution in [-0.2, 0) is 0 Å². The minimum atomic E-state index is 0.281. The van der Waals surface area contributed by atoms with Crippen LogP contribution < -0.4 is 11.1 Å². The highest BCUT2D eigenvalue weighted by Crippen LogP contribution is 2.30. The number of aromatic nitrogens is 1. The fraction of sp³-hybridized carbons (Fsp3) is 0.538. The van der Waals surface area contributed by atoms with Crippen LogP contribution in [0, 0.1) is 0 Å². The van der Waals surface area contributed by atoms with E-state index < -0.39 is 0 Å². The highest BCUT2D eigenvalue weighted by atomic mass is 32.2. The molecule has 0 aliphatic carbocycles. The van der Waals surface area contributed by atoms with Gasteiger partial charge in [0.05, 0.1) is 0 Å². The van der Waals surface area contributed by atoms with Gasteiger partial charge in [0.2, 0.25) is 0 Å². The van der Waals surface area contributed by atoms with E-state index in [0.29, 0.717) is 4.99 Å². The molecule has 0 radical (unpaired) electrons. The lowest BCUT2D eigenvalue weighted by molar-refractivity contribution is 0.574. The van der Waals surface area contributed by atoms with E-state index in [1.165, 1.54) is 0 Å². The topological polar surface area (TPSA) is 50.9 Å². The van der Waals surface area contributed by atoms with Crippen LogP contribution in [0.25, 0.3) is 0 Å². The van der Waals surface area contributed by atoms with Crippen molar-refractivity contribution in [3.8, 4) is 0 Å². The largest absolute Gasteiger partial charge is 0.389 e. The van der Waals surface area contributed by atoms with E-state index in [9.17, 15) is 0 Å².